The van der Waals surface area contributed by atoms with Crippen molar-refractivity contribution < 1.29 is 22.4 Å². The number of amides is 2. The highest BCUT2D eigenvalue weighted by molar-refractivity contribution is 7.92. The first-order valence-electron chi connectivity index (χ1n) is 12.5. The van der Waals surface area contributed by atoms with E-state index in [4.69, 9.17) is 0 Å². The lowest BCUT2D eigenvalue weighted by Gasteiger charge is -2.32. The van der Waals surface area contributed by atoms with Crippen LogP contribution in [0.5, 0.6) is 0 Å². The molecule has 0 spiro atoms. The molecule has 1 N–H and O–H groups in total. The number of hydrogen-bond acceptors (Lipinski definition) is 4. The number of nitrogens with zero attached hydrogens (tertiary/aromatic N) is 2. The molecule has 202 valence electrons. The number of hydrogen-bond donors (Lipinski definition) is 1. The van der Waals surface area contributed by atoms with Gasteiger partial charge in [0.2, 0.25) is 11.8 Å². The van der Waals surface area contributed by atoms with Crippen LogP contribution in [0.25, 0.3) is 0 Å². The van der Waals surface area contributed by atoms with Crippen LogP contribution in [0.3, 0.4) is 0 Å². The molecule has 3 aromatic rings. The quantitative estimate of drug-likeness (QED) is 0.388. The van der Waals surface area contributed by atoms with E-state index in [-0.39, 0.29) is 29.0 Å². The predicted molar refractivity (Wildman–Crippen MR) is 146 cm³/mol. The SMILES string of the molecule is Cc1ccccc1CN(C(=O)CN(c1ccc(F)cc1)S(=O)(=O)c1ccccc1)[C@@H](C)C(=O)NCC(C)C. The van der Waals surface area contributed by atoms with Crippen molar-refractivity contribution in [2.24, 2.45) is 5.92 Å². The first-order valence-corrected chi connectivity index (χ1v) is 13.9. The number of aryl methyl sites for hydroxylation is 1. The Labute approximate surface area is 224 Å². The van der Waals surface area contributed by atoms with Gasteiger partial charge in [-0.25, -0.2) is 12.8 Å². The minimum Gasteiger partial charge on any atom is -0.354 e. The van der Waals surface area contributed by atoms with Gasteiger partial charge in [0.25, 0.3) is 10.0 Å². The summed E-state index contributed by atoms with van der Waals surface area (Å²) in [4.78, 5) is 28.2. The summed E-state index contributed by atoms with van der Waals surface area (Å²) >= 11 is 0. The van der Waals surface area contributed by atoms with Crippen molar-refractivity contribution >= 4 is 27.5 Å². The number of benzene rings is 3. The van der Waals surface area contributed by atoms with Crippen LogP contribution in [0.2, 0.25) is 0 Å². The zero-order valence-electron chi connectivity index (χ0n) is 22.1. The van der Waals surface area contributed by atoms with Gasteiger partial charge in [-0.1, -0.05) is 56.3 Å². The molecule has 0 fully saturated rings. The van der Waals surface area contributed by atoms with Crippen molar-refractivity contribution in [3.8, 4) is 0 Å². The average Bonchev–Trinajstić information content (AvgIpc) is 2.90. The molecule has 0 aromatic heterocycles. The molecule has 3 aromatic carbocycles. The Hall–Kier alpha value is -3.72. The number of anilines is 1. The van der Waals surface area contributed by atoms with E-state index in [9.17, 15) is 22.4 Å². The minimum atomic E-state index is -4.18. The highest BCUT2D eigenvalue weighted by atomic mass is 32.2. The van der Waals surface area contributed by atoms with Crippen LogP contribution in [0.15, 0.2) is 83.8 Å². The van der Waals surface area contributed by atoms with Gasteiger partial charge in [-0.2, -0.15) is 0 Å². The Morgan fingerprint density at radius 1 is 0.895 bits per heavy atom. The molecule has 0 radical (unpaired) electrons. The molecule has 1 atom stereocenters. The first kappa shape index (κ1) is 28.8. The van der Waals surface area contributed by atoms with Crippen LogP contribution in [-0.2, 0) is 26.2 Å². The fraction of sp³-hybridized carbons (Fsp3) is 0.310. The van der Waals surface area contributed by atoms with Gasteiger partial charge in [0.15, 0.2) is 0 Å². The lowest BCUT2D eigenvalue weighted by molar-refractivity contribution is -0.139. The third kappa shape index (κ3) is 7.19. The molecule has 0 aliphatic carbocycles. The highest BCUT2D eigenvalue weighted by Gasteiger charge is 2.32. The zero-order chi connectivity index (χ0) is 27.9. The molecule has 3 rings (SSSR count). The van der Waals surface area contributed by atoms with Crippen LogP contribution in [0, 0.1) is 18.7 Å². The van der Waals surface area contributed by atoms with Gasteiger partial charge < -0.3 is 10.2 Å². The van der Waals surface area contributed by atoms with Crippen molar-refractivity contribution in [2.45, 2.75) is 45.2 Å². The standard InChI is InChI=1S/C29H34FN3O4S/c1-21(2)18-31-29(35)23(4)32(19-24-11-9-8-10-22(24)3)28(34)20-33(26-16-14-25(30)15-17-26)38(36,37)27-12-6-5-7-13-27/h5-17,21,23H,18-20H2,1-4H3,(H,31,35)/t23-/m0/s1. The van der Waals surface area contributed by atoms with Gasteiger partial charge in [-0.05, 0) is 67.3 Å². The van der Waals surface area contributed by atoms with Gasteiger partial charge >= 0.3 is 0 Å². The minimum absolute atomic E-state index is 0.00898. The summed E-state index contributed by atoms with van der Waals surface area (Å²) in [7, 11) is -4.18. The largest absolute Gasteiger partial charge is 0.354 e. The average molecular weight is 540 g/mol. The van der Waals surface area contributed by atoms with Crippen molar-refractivity contribution in [3.63, 3.8) is 0 Å². The number of sulfonamides is 1. The van der Waals surface area contributed by atoms with Gasteiger partial charge in [0.1, 0.15) is 18.4 Å². The molecular weight excluding hydrogens is 505 g/mol. The summed E-state index contributed by atoms with van der Waals surface area (Å²) in [5.74, 6) is -1.21. The topological polar surface area (TPSA) is 86.8 Å². The zero-order valence-corrected chi connectivity index (χ0v) is 22.9. The van der Waals surface area contributed by atoms with Crippen LogP contribution in [-0.4, -0.2) is 44.3 Å². The van der Waals surface area contributed by atoms with Crippen molar-refractivity contribution in [1.29, 1.82) is 0 Å². The summed E-state index contributed by atoms with van der Waals surface area (Å²) < 4.78 is 41.9. The van der Waals surface area contributed by atoms with E-state index in [2.05, 4.69) is 5.32 Å². The molecule has 0 saturated carbocycles. The molecule has 0 aliphatic rings. The summed E-state index contributed by atoms with van der Waals surface area (Å²) in [6.07, 6.45) is 0. The molecule has 0 saturated heterocycles. The van der Waals surface area contributed by atoms with Crippen molar-refractivity contribution in [2.75, 3.05) is 17.4 Å². The van der Waals surface area contributed by atoms with Crippen LogP contribution in [0.1, 0.15) is 31.9 Å². The van der Waals surface area contributed by atoms with E-state index in [1.54, 1.807) is 25.1 Å². The molecule has 7 nitrogen and oxygen atoms in total. The maximum absolute atomic E-state index is 13.8. The second-order valence-corrected chi connectivity index (χ2v) is 11.4. The number of halogens is 1. The maximum atomic E-state index is 13.8. The molecule has 0 unspecified atom stereocenters. The monoisotopic (exact) mass is 539 g/mol. The van der Waals surface area contributed by atoms with E-state index >= 15 is 0 Å². The summed E-state index contributed by atoms with van der Waals surface area (Å²) in [5, 5.41) is 2.86. The van der Waals surface area contributed by atoms with Crippen LogP contribution >= 0.6 is 0 Å². The van der Waals surface area contributed by atoms with E-state index < -0.39 is 34.3 Å². The van der Waals surface area contributed by atoms with Gasteiger partial charge in [0, 0.05) is 13.1 Å². The third-order valence-electron chi connectivity index (χ3n) is 6.18. The molecule has 0 aliphatic heterocycles. The molecule has 38 heavy (non-hydrogen) atoms. The second-order valence-electron chi connectivity index (χ2n) is 9.56. The van der Waals surface area contributed by atoms with Crippen LogP contribution in [0.4, 0.5) is 10.1 Å². The Morgan fingerprint density at radius 2 is 1.50 bits per heavy atom. The predicted octanol–water partition coefficient (Wildman–Crippen LogP) is 4.52. The third-order valence-corrected chi connectivity index (χ3v) is 7.97. The molecule has 0 heterocycles. The van der Waals surface area contributed by atoms with Crippen molar-refractivity contribution in [3.05, 3.63) is 95.8 Å². The smallest absolute Gasteiger partial charge is 0.264 e. The highest BCUT2D eigenvalue weighted by Crippen LogP contribution is 2.25. The molecular formula is C29H34FN3O4S. The summed E-state index contributed by atoms with van der Waals surface area (Å²) in [5.41, 5.74) is 1.91. The van der Waals surface area contributed by atoms with E-state index in [0.29, 0.717) is 6.54 Å². The molecule has 9 heteroatoms. The van der Waals surface area contributed by atoms with Gasteiger partial charge in [-0.15, -0.1) is 0 Å². The fourth-order valence-electron chi connectivity index (χ4n) is 3.86. The van der Waals surface area contributed by atoms with E-state index in [0.717, 1.165) is 27.6 Å². The number of carbonyl (C=O) groups excluding carboxylic acids is 2. The Balaban J connectivity index is 2.00. The second kappa shape index (κ2) is 12.7. The van der Waals surface area contributed by atoms with Crippen molar-refractivity contribution in [1.82, 2.24) is 10.2 Å². The lowest BCUT2D eigenvalue weighted by Crippen LogP contribution is -2.51. The summed E-state index contributed by atoms with van der Waals surface area (Å²) in [6, 6.07) is 19.3. The summed E-state index contributed by atoms with van der Waals surface area (Å²) in [6.45, 7) is 7.46. The van der Waals surface area contributed by atoms with E-state index in [1.165, 1.54) is 29.2 Å². The van der Waals surface area contributed by atoms with Crippen LogP contribution < -0.4 is 9.62 Å². The lowest BCUT2D eigenvalue weighted by atomic mass is 10.1. The maximum Gasteiger partial charge on any atom is 0.264 e. The molecule has 0 bridgehead atoms. The Kier molecular flexibility index (Phi) is 9.63. The molecule has 2 amide bonds. The number of carbonyl (C=O) groups is 2. The van der Waals surface area contributed by atoms with Gasteiger partial charge in [0.05, 0.1) is 10.6 Å². The number of nitrogens with one attached hydrogen (secondary N) is 1. The Morgan fingerprint density at radius 3 is 2.11 bits per heavy atom. The Bertz CT molecular complexity index is 1350. The normalized spacial score (nSPS) is 12.2. The van der Waals surface area contributed by atoms with Gasteiger partial charge in [-0.3, -0.25) is 13.9 Å². The number of rotatable bonds is 11. The first-order chi connectivity index (χ1) is 18.0. The fourth-order valence-corrected chi connectivity index (χ4v) is 5.30. The van der Waals surface area contributed by atoms with E-state index in [1.807, 2.05) is 45.0 Å².